The number of benzene rings is 1. The lowest BCUT2D eigenvalue weighted by molar-refractivity contribution is -0.137. The molecular weight excluding hydrogens is 439 g/mol. The van der Waals surface area contributed by atoms with E-state index >= 15 is 0 Å². The molecule has 4 rings (SSSR count). The molecule has 2 saturated heterocycles. The number of hydrogen-bond acceptors (Lipinski definition) is 6. The number of nitrogens with zero attached hydrogens (tertiary/aromatic N) is 3. The van der Waals surface area contributed by atoms with Gasteiger partial charge in [0, 0.05) is 38.2 Å². The van der Waals surface area contributed by atoms with Crippen LogP contribution in [0.25, 0.3) is 0 Å². The summed E-state index contributed by atoms with van der Waals surface area (Å²) in [5.74, 6) is 0. The third-order valence-corrected chi connectivity index (χ3v) is 7.43. The molecule has 32 heavy (non-hydrogen) atoms. The molecule has 9 heteroatoms. The summed E-state index contributed by atoms with van der Waals surface area (Å²) in [4.78, 5) is 9.34. The zero-order valence-electron chi connectivity index (χ0n) is 18.3. The molecule has 2 aliphatic rings. The predicted octanol–water partition coefficient (Wildman–Crippen LogP) is 4.26. The largest absolute Gasteiger partial charge is 0.416 e. The van der Waals surface area contributed by atoms with E-state index in [1.54, 1.807) is 18.4 Å². The summed E-state index contributed by atoms with van der Waals surface area (Å²) >= 11 is 1.60. The maximum atomic E-state index is 12.7. The summed E-state index contributed by atoms with van der Waals surface area (Å²) in [6.07, 6.45) is -0.874. The number of thiazole rings is 1. The SMILES string of the molecule is COCC1CCCN1Cc1nc(C2(O)CCN(Cc3ccc(C(F)(F)F)cc3)CC2)cs1. The van der Waals surface area contributed by atoms with Gasteiger partial charge in [-0.3, -0.25) is 9.80 Å². The van der Waals surface area contributed by atoms with Crippen LogP contribution < -0.4 is 0 Å². The van der Waals surface area contributed by atoms with Gasteiger partial charge in [0.1, 0.15) is 10.6 Å². The fourth-order valence-electron chi connectivity index (χ4n) is 4.65. The predicted molar refractivity (Wildman–Crippen MR) is 117 cm³/mol. The summed E-state index contributed by atoms with van der Waals surface area (Å²) in [5, 5.41) is 14.2. The van der Waals surface area contributed by atoms with Crippen LogP contribution in [-0.4, -0.2) is 59.3 Å². The summed E-state index contributed by atoms with van der Waals surface area (Å²) < 4.78 is 43.6. The van der Waals surface area contributed by atoms with Crippen molar-refractivity contribution in [3.05, 3.63) is 51.5 Å². The van der Waals surface area contributed by atoms with E-state index < -0.39 is 17.3 Å². The Kier molecular flexibility index (Phi) is 7.21. The van der Waals surface area contributed by atoms with Crippen molar-refractivity contribution in [3.8, 4) is 0 Å². The highest BCUT2D eigenvalue weighted by Gasteiger charge is 2.36. The van der Waals surface area contributed by atoms with Gasteiger partial charge in [-0.15, -0.1) is 11.3 Å². The number of likely N-dealkylation sites (tertiary alicyclic amines) is 2. The first-order chi connectivity index (χ1) is 15.3. The molecule has 1 aromatic heterocycles. The van der Waals surface area contributed by atoms with Gasteiger partial charge in [-0.2, -0.15) is 13.2 Å². The van der Waals surface area contributed by atoms with Gasteiger partial charge in [0.15, 0.2) is 0 Å². The number of rotatable bonds is 7. The second-order valence-electron chi connectivity index (χ2n) is 8.85. The molecule has 1 atom stereocenters. The zero-order chi connectivity index (χ0) is 22.8. The molecule has 5 nitrogen and oxygen atoms in total. The minimum atomic E-state index is -4.31. The van der Waals surface area contributed by atoms with E-state index in [0.717, 1.165) is 54.5 Å². The molecule has 1 aromatic carbocycles. The molecule has 2 aliphatic heterocycles. The minimum absolute atomic E-state index is 0.434. The van der Waals surface area contributed by atoms with E-state index in [4.69, 9.17) is 9.72 Å². The molecule has 0 spiro atoms. The number of alkyl halides is 3. The van der Waals surface area contributed by atoms with Gasteiger partial charge < -0.3 is 9.84 Å². The summed E-state index contributed by atoms with van der Waals surface area (Å²) in [6, 6.07) is 5.76. The number of hydrogen-bond donors (Lipinski definition) is 1. The van der Waals surface area contributed by atoms with E-state index in [2.05, 4.69) is 9.80 Å². The molecule has 2 fully saturated rings. The van der Waals surface area contributed by atoms with Crippen LogP contribution in [0, 0.1) is 0 Å². The lowest BCUT2D eigenvalue weighted by Crippen LogP contribution is -2.42. The van der Waals surface area contributed by atoms with Crippen molar-refractivity contribution >= 4 is 11.3 Å². The smallest absolute Gasteiger partial charge is 0.383 e. The Morgan fingerprint density at radius 1 is 1.16 bits per heavy atom. The van der Waals surface area contributed by atoms with Crippen molar-refractivity contribution in [2.24, 2.45) is 0 Å². The molecule has 1 unspecified atom stereocenters. The van der Waals surface area contributed by atoms with Gasteiger partial charge in [-0.25, -0.2) is 4.98 Å². The first kappa shape index (κ1) is 23.6. The van der Waals surface area contributed by atoms with E-state index in [-0.39, 0.29) is 0 Å². The number of aromatic nitrogens is 1. The topological polar surface area (TPSA) is 48.8 Å². The van der Waals surface area contributed by atoms with Crippen LogP contribution in [-0.2, 0) is 29.6 Å². The van der Waals surface area contributed by atoms with Gasteiger partial charge in [0.25, 0.3) is 0 Å². The van der Waals surface area contributed by atoms with Gasteiger partial charge in [0.2, 0.25) is 0 Å². The highest BCUT2D eigenvalue weighted by molar-refractivity contribution is 7.09. The lowest BCUT2D eigenvalue weighted by atomic mass is 9.88. The van der Waals surface area contributed by atoms with Crippen LogP contribution >= 0.6 is 11.3 Å². The maximum Gasteiger partial charge on any atom is 0.416 e. The molecule has 0 radical (unpaired) electrons. The normalized spacial score (nSPS) is 22.5. The molecule has 0 saturated carbocycles. The van der Waals surface area contributed by atoms with Crippen LogP contribution in [0.15, 0.2) is 29.6 Å². The Balaban J connectivity index is 1.31. The average Bonchev–Trinajstić information content (AvgIpc) is 3.41. The number of aliphatic hydroxyl groups is 1. The Morgan fingerprint density at radius 3 is 2.53 bits per heavy atom. The lowest BCUT2D eigenvalue weighted by Gasteiger charge is -2.37. The van der Waals surface area contributed by atoms with Crippen LogP contribution in [0.1, 0.15) is 47.5 Å². The Bertz CT molecular complexity index is 879. The fraction of sp³-hybridized carbons (Fsp3) is 0.609. The Hall–Kier alpha value is -1.52. The molecule has 1 N–H and O–H groups in total. The number of ether oxygens (including phenoxy) is 1. The van der Waals surface area contributed by atoms with Crippen LogP contribution in [0.3, 0.4) is 0 Å². The summed E-state index contributed by atoms with van der Waals surface area (Å²) in [5.41, 5.74) is 0.0170. The van der Waals surface area contributed by atoms with E-state index in [0.29, 0.717) is 38.5 Å². The average molecular weight is 470 g/mol. The third kappa shape index (κ3) is 5.51. The monoisotopic (exact) mass is 469 g/mol. The number of piperidine rings is 1. The molecule has 2 aromatic rings. The van der Waals surface area contributed by atoms with E-state index in [9.17, 15) is 18.3 Å². The van der Waals surface area contributed by atoms with Crippen molar-refractivity contribution in [1.29, 1.82) is 0 Å². The van der Waals surface area contributed by atoms with Crippen molar-refractivity contribution in [2.45, 2.75) is 56.6 Å². The molecule has 0 aliphatic carbocycles. The third-order valence-electron chi connectivity index (χ3n) is 6.60. The molecular formula is C23H30F3N3O2S. The molecule has 176 valence electrons. The van der Waals surface area contributed by atoms with Crippen LogP contribution in [0.4, 0.5) is 13.2 Å². The Morgan fingerprint density at radius 2 is 1.88 bits per heavy atom. The zero-order valence-corrected chi connectivity index (χ0v) is 19.1. The number of halogens is 3. The molecule has 0 bridgehead atoms. The van der Waals surface area contributed by atoms with E-state index in [1.165, 1.54) is 18.6 Å². The standard InChI is InChI=1S/C23H30F3N3O2S/c1-31-15-19-3-2-10-29(19)14-21-27-20(16-32-21)22(30)8-11-28(12-9-22)13-17-4-6-18(7-5-17)23(24,25)26/h4-7,16,19,30H,2-3,8-15H2,1H3. The van der Waals surface area contributed by atoms with Crippen LogP contribution in [0.5, 0.6) is 0 Å². The van der Waals surface area contributed by atoms with Crippen molar-refractivity contribution in [3.63, 3.8) is 0 Å². The van der Waals surface area contributed by atoms with E-state index in [1.807, 2.05) is 5.38 Å². The highest BCUT2D eigenvalue weighted by Crippen LogP contribution is 2.35. The Labute approximate surface area is 190 Å². The second kappa shape index (κ2) is 9.77. The summed E-state index contributed by atoms with van der Waals surface area (Å²) in [7, 11) is 1.73. The first-order valence-electron chi connectivity index (χ1n) is 11.1. The van der Waals surface area contributed by atoms with Crippen molar-refractivity contribution < 1.29 is 23.0 Å². The quantitative estimate of drug-likeness (QED) is 0.657. The van der Waals surface area contributed by atoms with Gasteiger partial charge in [-0.05, 0) is 49.9 Å². The van der Waals surface area contributed by atoms with Gasteiger partial charge >= 0.3 is 6.18 Å². The molecule has 0 amide bonds. The van der Waals surface area contributed by atoms with Gasteiger partial charge in [-0.1, -0.05) is 12.1 Å². The maximum absolute atomic E-state index is 12.7. The highest BCUT2D eigenvalue weighted by atomic mass is 32.1. The minimum Gasteiger partial charge on any atom is -0.383 e. The molecule has 3 heterocycles. The first-order valence-corrected chi connectivity index (χ1v) is 11.9. The van der Waals surface area contributed by atoms with Crippen molar-refractivity contribution in [1.82, 2.24) is 14.8 Å². The van der Waals surface area contributed by atoms with Crippen molar-refractivity contribution in [2.75, 3.05) is 33.4 Å². The van der Waals surface area contributed by atoms with Gasteiger partial charge in [0.05, 0.1) is 24.4 Å². The summed E-state index contributed by atoms with van der Waals surface area (Å²) in [6.45, 7) is 4.49. The second-order valence-corrected chi connectivity index (χ2v) is 9.79. The van der Waals surface area contributed by atoms with Crippen LogP contribution in [0.2, 0.25) is 0 Å². The number of methoxy groups -OCH3 is 1. The fourth-order valence-corrected chi connectivity index (χ4v) is 5.56.